The maximum Gasteiger partial charge on any atom is 0.261 e. The van der Waals surface area contributed by atoms with Gasteiger partial charge in [-0.25, -0.2) is 0 Å². The van der Waals surface area contributed by atoms with Gasteiger partial charge in [-0.1, -0.05) is 58.0 Å². The summed E-state index contributed by atoms with van der Waals surface area (Å²) in [6, 6.07) is 13.2. The number of aryl methyl sites for hydroxylation is 1. The highest BCUT2D eigenvalue weighted by Gasteiger charge is 2.27. The number of benzene rings is 2. The van der Waals surface area contributed by atoms with Gasteiger partial charge in [-0.05, 0) is 70.4 Å². The average molecular weight is 503 g/mol. The molecule has 0 aliphatic carbocycles. The normalized spacial score (nSPS) is 12.0. The molecule has 0 aliphatic heterocycles. The summed E-state index contributed by atoms with van der Waals surface area (Å²) < 4.78 is 6.65. The molecule has 1 N–H and O–H groups in total. The summed E-state index contributed by atoms with van der Waals surface area (Å²) in [6.07, 6.45) is 0. The van der Waals surface area contributed by atoms with E-state index >= 15 is 0 Å². The molecule has 1 unspecified atom stereocenters. The topological polar surface area (TPSA) is 58.6 Å². The first-order chi connectivity index (χ1) is 15.1. The van der Waals surface area contributed by atoms with Gasteiger partial charge < -0.3 is 15.0 Å². The zero-order chi connectivity index (χ0) is 23.8. The molecule has 0 spiro atoms. The Morgan fingerprint density at radius 3 is 2.34 bits per heavy atom. The lowest BCUT2D eigenvalue weighted by molar-refractivity contribution is -0.142. The van der Waals surface area contributed by atoms with Crippen LogP contribution in [-0.4, -0.2) is 35.9 Å². The van der Waals surface area contributed by atoms with E-state index in [1.54, 1.807) is 11.8 Å². The van der Waals surface area contributed by atoms with Gasteiger partial charge in [-0.2, -0.15) is 0 Å². The quantitative estimate of drug-likeness (QED) is 0.469. The number of amides is 2. The van der Waals surface area contributed by atoms with Crippen LogP contribution in [0.4, 0.5) is 0 Å². The average Bonchev–Trinajstić information content (AvgIpc) is 2.75. The first-order valence-electron chi connectivity index (χ1n) is 11.1. The minimum absolute atomic E-state index is 0.146. The Hall–Kier alpha value is -2.34. The molecule has 0 saturated heterocycles. The smallest absolute Gasteiger partial charge is 0.261 e. The van der Waals surface area contributed by atoms with Crippen LogP contribution in [0.3, 0.4) is 0 Å². The number of ether oxygens (including phenoxy) is 1. The molecule has 32 heavy (non-hydrogen) atoms. The van der Waals surface area contributed by atoms with Crippen molar-refractivity contribution in [3.63, 3.8) is 0 Å². The number of hydrogen-bond acceptors (Lipinski definition) is 3. The first kappa shape index (κ1) is 25.9. The van der Waals surface area contributed by atoms with Gasteiger partial charge in [0, 0.05) is 13.1 Å². The number of rotatable bonds is 10. The number of halogens is 1. The van der Waals surface area contributed by atoms with Crippen LogP contribution in [0.25, 0.3) is 0 Å². The molecule has 0 fully saturated rings. The third-order valence-electron chi connectivity index (χ3n) is 5.43. The van der Waals surface area contributed by atoms with E-state index in [-0.39, 0.29) is 18.4 Å². The molecule has 0 aromatic heterocycles. The summed E-state index contributed by atoms with van der Waals surface area (Å²) >= 11 is 3.54. The standard InChI is InChI=1S/C26H35BrN2O3/c1-17(2)14-28-26(31)20(6)29(15-22-10-8-7-9-19(22)5)25(30)16-32-24-12-11-21(18(3)4)13-23(24)27/h7-13,17-18,20H,14-16H2,1-6H3,(H,28,31). The fraction of sp³-hybridized carbons (Fsp3) is 0.462. The van der Waals surface area contributed by atoms with Crippen molar-refractivity contribution in [3.8, 4) is 5.75 Å². The fourth-order valence-electron chi connectivity index (χ4n) is 3.22. The Balaban J connectivity index is 2.17. The van der Waals surface area contributed by atoms with Gasteiger partial charge in [0.15, 0.2) is 6.61 Å². The molecule has 2 amide bonds. The van der Waals surface area contributed by atoms with Gasteiger partial charge in [-0.3, -0.25) is 9.59 Å². The predicted molar refractivity (Wildman–Crippen MR) is 133 cm³/mol. The minimum atomic E-state index is -0.615. The van der Waals surface area contributed by atoms with Gasteiger partial charge in [0.25, 0.3) is 5.91 Å². The fourth-order valence-corrected chi connectivity index (χ4v) is 3.73. The van der Waals surface area contributed by atoms with Crippen molar-refractivity contribution in [1.82, 2.24) is 10.2 Å². The van der Waals surface area contributed by atoms with E-state index in [0.717, 1.165) is 15.6 Å². The number of nitrogens with zero attached hydrogens (tertiary/aromatic N) is 1. The van der Waals surface area contributed by atoms with E-state index < -0.39 is 6.04 Å². The van der Waals surface area contributed by atoms with Gasteiger partial charge >= 0.3 is 0 Å². The molecule has 2 aromatic rings. The van der Waals surface area contributed by atoms with Crippen molar-refractivity contribution in [2.24, 2.45) is 5.92 Å². The third kappa shape index (κ3) is 7.37. The molecule has 0 saturated carbocycles. The summed E-state index contributed by atoms with van der Waals surface area (Å²) in [5, 5.41) is 2.94. The molecule has 2 rings (SSSR count). The highest BCUT2D eigenvalue weighted by molar-refractivity contribution is 9.10. The van der Waals surface area contributed by atoms with Crippen LogP contribution in [-0.2, 0) is 16.1 Å². The molecule has 2 aromatic carbocycles. The van der Waals surface area contributed by atoms with Crippen LogP contribution in [0.1, 0.15) is 57.2 Å². The second kappa shape index (κ2) is 12.0. The molecular weight excluding hydrogens is 468 g/mol. The molecule has 0 heterocycles. The van der Waals surface area contributed by atoms with Crippen LogP contribution >= 0.6 is 15.9 Å². The van der Waals surface area contributed by atoms with Crippen LogP contribution in [0.5, 0.6) is 5.75 Å². The van der Waals surface area contributed by atoms with E-state index in [1.165, 1.54) is 5.56 Å². The van der Waals surface area contributed by atoms with E-state index in [4.69, 9.17) is 4.74 Å². The van der Waals surface area contributed by atoms with Crippen LogP contribution in [0.15, 0.2) is 46.9 Å². The molecular formula is C26H35BrN2O3. The Bertz CT molecular complexity index is 927. The van der Waals surface area contributed by atoms with Crippen molar-refractivity contribution >= 4 is 27.7 Å². The molecule has 1 atom stereocenters. The Labute approximate surface area is 200 Å². The number of hydrogen-bond donors (Lipinski definition) is 1. The summed E-state index contributed by atoms with van der Waals surface area (Å²) in [7, 11) is 0. The lowest BCUT2D eigenvalue weighted by Crippen LogP contribution is -2.49. The highest BCUT2D eigenvalue weighted by Crippen LogP contribution is 2.29. The molecule has 0 bridgehead atoms. The number of nitrogens with one attached hydrogen (secondary N) is 1. The third-order valence-corrected chi connectivity index (χ3v) is 6.05. The summed E-state index contributed by atoms with van der Waals surface area (Å²) in [5.74, 6) is 0.942. The van der Waals surface area contributed by atoms with Crippen molar-refractivity contribution in [2.75, 3.05) is 13.2 Å². The van der Waals surface area contributed by atoms with E-state index in [2.05, 4.69) is 35.1 Å². The Kier molecular flexibility index (Phi) is 9.76. The minimum Gasteiger partial charge on any atom is -0.483 e. The maximum absolute atomic E-state index is 13.2. The second-order valence-corrected chi connectivity index (χ2v) is 9.75. The molecule has 0 radical (unpaired) electrons. The highest BCUT2D eigenvalue weighted by atomic mass is 79.9. The van der Waals surface area contributed by atoms with Gasteiger partial charge in [0.05, 0.1) is 4.47 Å². The van der Waals surface area contributed by atoms with Gasteiger partial charge in [0.1, 0.15) is 11.8 Å². The van der Waals surface area contributed by atoms with E-state index in [1.807, 2.05) is 63.2 Å². The zero-order valence-corrected chi connectivity index (χ0v) is 21.5. The monoisotopic (exact) mass is 502 g/mol. The summed E-state index contributed by atoms with van der Waals surface area (Å²) in [6.45, 7) is 12.9. The Morgan fingerprint density at radius 1 is 1.06 bits per heavy atom. The lowest BCUT2D eigenvalue weighted by Gasteiger charge is -2.29. The molecule has 5 nitrogen and oxygen atoms in total. The van der Waals surface area contributed by atoms with Crippen LogP contribution < -0.4 is 10.1 Å². The summed E-state index contributed by atoms with van der Waals surface area (Å²) in [4.78, 5) is 27.5. The van der Waals surface area contributed by atoms with Crippen molar-refractivity contribution in [3.05, 3.63) is 63.6 Å². The van der Waals surface area contributed by atoms with Crippen LogP contribution in [0.2, 0.25) is 0 Å². The second-order valence-electron chi connectivity index (χ2n) is 8.90. The van der Waals surface area contributed by atoms with Gasteiger partial charge in [0.2, 0.25) is 5.91 Å². The molecule has 0 aliphatic rings. The van der Waals surface area contributed by atoms with E-state index in [9.17, 15) is 9.59 Å². The SMILES string of the molecule is Cc1ccccc1CN(C(=O)COc1ccc(C(C)C)cc1Br)C(C)C(=O)NCC(C)C. The van der Waals surface area contributed by atoms with Crippen LogP contribution in [0, 0.1) is 12.8 Å². The Morgan fingerprint density at radius 2 is 1.75 bits per heavy atom. The predicted octanol–water partition coefficient (Wildman–Crippen LogP) is 5.45. The lowest BCUT2D eigenvalue weighted by atomic mass is 10.0. The van der Waals surface area contributed by atoms with Crippen molar-refractivity contribution < 1.29 is 14.3 Å². The van der Waals surface area contributed by atoms with Crippen molar-refractivity contribution in [1.29, 1.82) is 0 Å². The van der Waals surface area contributed by atoms with Gasteiger partial charge in [-0.15, -0.1) is 0 Å². The number of carbonyl (C=O) groups is 2. The number of carbonyl (C=O) groups excluding carboxylic acids is 2. The van der Waals surface area contributed by atoms with Crippen molar-refractivity contribution in [2.45, 2.75) is 60.0 Å². The maximum atomic E-state index is 13.2. The molecule has 174 valence electrons. The largest absolute Gasteiger partial charge is 0.483 e. The summed E-state index contributed by atoms with van der Waals surface area (Å²) in [5.41, 5.74) is 3.27. The first-order valence-corrected chi connectivity index (χ1v) is 11.9. The van der Waals surface area contributed by atoms with E-state index in [0.29, 0.717) is 30.7 Å². The zero-order valence-electron chi connectivity index (χ0n) is 19.9. The molecule has 6 heteroatoms.